The molecule has 2 N–H and O–H groups in total. The lowest BCUT2D eigenvalue weighted by Crippen LogP contribution is -2.14. The zero-order chi connectivity index (χ0) is 13.0. The second kappa shape index (κ2) is 5.51. The number of carboxylic acids is 1. The predicted molar refractivity (Wildman–Crippen MR) is 67.4 cm³/mol. The van der Waals surface area contributed by atoms with Crippen LogP contribution in [-0.4, -0.2) is 11.1 Å². The summed E-state index contributed by atoms with van der Waals surface area (Å²) in [6.45, 7) is 3.13. The van der Waals surface area contributed by atoms with Gasteiger partial charge in [0.05, 0.1) is 12.8 Å². The molecule has 0 amide bonds. The highest BCUT2D eigenvalue weighted by molar-refractivity contribution is 5.88. The topological polar surface area (TPSA) is 62.5 Å². The highest BCUT2D eigenvalue weighted by atomic mass is 16.4. The highest BCUT2D eigenvalue weighted by Crippen LogP contribution is 2.10. The molecule has 0 bridgehead atoms. The first kappa shape index (κ1) is 12.4. The van der Waals surface area contributed by atoms with E-state index in [1.807, 2.05) is 25.1 Å². The molecule has 94 valence electrons. The fraction of sp³-hybridized carbons (Fsp3) is 0.214. The van der Waals surface area contributed by atoms with Crippen LogP contribution >= 0.6 is 0 Å². The van der Waals surface area contributed by atoms with Gasteiger partial charge in [-0.3, -0.25) is 0 Å². The minimum Gasteiger partial charge on any atom is -0.478 e. The molecule has 0 spiro atoms. The van der Waals surface area contributed by atoms with E-state index < -0.39 is 5.97 Å². The molecular formula is C14H15NO3. The number of benzene rings is 1. The maximum absolute atomic E-state index is 10.9. The lowest BCUT2D eigenvalue weighted by Gasteiger charge is -2.04. The van der Waals surface area contributed by atoms with Crippen LogP contribution in [0.25, 0.3) is 0 Å². The van der Waals surface area contributed by atoms with Gasteiger partial charge in [0.25, 0.3) is 0 Å². The lowest BCUT2D eigenvalue weighted by atomic mass is 10.1. The van der Waals surface area contributed by atoms with Gasteiger partial charge in [-0.2, -0.15) is 0 Å². The Balaban J connectivity index is 1.92. The second-order valence-electron chi connectivity index (χ2n) is 4.16. The molecule has 0 aliphatic carbocycles. The number of nitrogens with one attached hydrogen (secondary N) is 1. The van der Waals surface area contributed by atoms with Crippen LogP contribution in [0.4, 0.5) is 0 Å². The molecule has 0 radical (unpaired) electrons. The molecule has 0 saturated carbocycles. The van der Waals surface area contributed by atoms with E-state index in [1.54, 1.807) is 0 Å². The molecule has 1 aromatic heterocycles. The summed E-state index contributed by atoms with van der Waals surface area (Å²) in [5, 5.41) is 12.1. The van der Waals surface area contributed by atoms with Crippen molar-refractivity contribution < 1.29 is 14.3 Å². The Bertz CT molecular complexity index is 545. The van der Waals surface area contributed by atoms with Crippen LogP contribution in [0.2, 0.25) is 0 Å². The van der Waals surface area contributed by atoms with Crippen LogP contribution in [0.5, 0.6) is 0 Å². The molecule has 0 fully saturated rings. The average Bonchev–Trinajstić information content (AvgIpc) is 2.77. The van der Waals surface area contributed by atoms with Crippen molar-refractivity contribution in [2.75, 3.05) is 0 Å². The van der Waals surface area contributed by atoms with E-state index >= 15 is 0 Å². The number of hydrogen-bond donors (Lipinski definition) is 2. The molecule has 1 aromatic carbocycles. The first-order chi connectivity index (χ1) is 8.66. The molecule has 0 saturated heterocycles. The van der Waals surface area contributed by atoms with Gasteiger partial charge in [-0.15, -0.1) is 0 Å². The average molecular weight is 245 g/mol. The number of carboxylic acid groups (broad SMARTS) is 1. The maximum atomic E-state index is 10.9. The van der Waals surface area contributed by atoms with Gasteiger partial charge < -0.3 is 14.8 Å². The first-order valence-electron chi connectivity index (χ1n) is 5.73. The monoisotopic (exact) mass is 245 g/mol. The Hall–Kier alpha value is -2.07. The molecule has 2 aromatic rings. The Morgan fingerprint density at radius 2 is 2.17 bits per heavy atom. The van der Waals surface area contributed by atoms with E-state index in [4.69, 9.17) is 9.52 Å². The van der Waals surface area contributed by atoms with Gasteiger partial charge in [-0.05, 0) is 18.6 Å². The van der Waals surface area contributed by atoms with E-state index in [1.165, 1.54) is 23.5 Å². The van der Waals surface area contributed by atoms with Crippen LogP contribution in [0, 0.1) is 6.92 Å². The largest absolute Gasteiger partial charge is 0.478 e. The molecule has 4 heteroatoms. The molecule has 0 atom stereocenters. The van der Waals surface area contributed by atoms with E-state index in [-0.39, 0.29) is 5.56 Å². The van der Waals surface area contributed by atoms with Crippen molar-refractivity contribution in [1.82, 2.24) is 5.32 Å². The molecular weight excluding hydrogens is 230 g/mol. The van der Waals surface area contributed by atoms with Crippen molar-refractivity contribution in [3.05, 3.63) is 59.0 Å². The normalized spacial score (nSPS) is 10.5. The molecule has 1 heterocycles. The number of carbonyl (C=O) groups is 1. The van der Waals surface area contributed by atoms with E-state index in [0.29, 0.717) is 18.8 Å². The van der Waals surface area contributed by atoms with Crippen LogP contribution in [0.3, 0.4) is 0 Å². The molecule has 0 unspecified atom stereocenters. The van der Waals surface area contributed by atoms with Crippen LogP contribution in [0.15, 0.2) is 41.0 Å². The Kier molecular flexibility index (Phi) is 3.79. The zero-order valence-corrected chi connectivity index (χ0v) is 10.1. The summed E-state index contributed by atoms with van der Waals surface area (Å²) in [6.07, 6.45) is 1.40. The summed E-state index contributed by atoms with van der Waals surface area (Å²) in [4.78, 5) is 10.9. The van der Waals surface area contributed by atoms with Crippen molar-refractivity contribution in [3.63, 3.8) is 0 Å². The van der Waals surface area contributed by atoms with E-state index in [0.717, 1.165) is 0 Å². The van der Waals surface area contributed by atoms with E-state index in [2.05, 4.69) is 11.4 Å². The number of aryl methyl sites for hydroxylation is 1. The second-order valence-corrected chi connectivity index (χ2v) is 4.16. The van der Waals surface area contributed by atoms with Crippen LogP contribution < -0.4 is 5.32 Å². The lowest BCUT2D eigenvalue weighted by molar-refractivity contribution is 0.0694. The summed E-state index contributed by atoms with van der Waals surface area (Å²) < 4.78 is 5.14. The SMILES string of the molecule is Cc1cccc(CNCc2occc2C(=O)O)c1. The number of rotatable bonds is 5. The Morgan fingerprint density at radius 3 is 2.89 bits per heavy atom. The van der Waals surface area contributed by atoms with Gasteiger partial charge in [-0.1, -0.05) is 29.8 Å². The van der Waals surface area contributed by atoms with Gasteiger partial charge in [0.1, 0.15) is 11.3 Å². The first-order valence-corrected chi connectivity index (χ1v) is 5.73. The summed E-state index contributed by atoms with van der Waals surface area (Å²) in [6, 6.07) is 9.62. The number of hydrogen-bond acceptors (Lipinski definition) is 3. The summed E-state index contributed by atoms with van der Waals surface area (Å²) in [7, 11) is 0. The fourth-order valence-electron chi connectivity index (χ4n) is 1.81. The maximum Gasteiger partial charge on any atom is 0.339 e. The molecule has 4 nitrogen and oxygen atoms in total. The van der Waals surface area contributed by atoms with Crippen molar-refractivity contribution in [3.8, 4) is 0 Å². The molecule has 2 rings (SSSR count). The van der Waals surface area contributed by atoms with Crippen molar-refractivity contribution in [2.24, 2.45) is 0 Å². The van der Waals surface area contributed by atoms with Crippen molar-refractivity contribution in [2.45, 2.75) is 20.0 Å². The number of furan rings is 1. The van der Waals surface area contributed by atoms with E-state index in [9.17, 15) is 4.79 Å². The van der Waals surface area contributed by atoms with Gasteiger partial charge in [0.15, 0.2) is 0 Å². The van der Waals surface area contributed by atoms with Gasteiger partial charge in [0, 0.05) is 6.54 Å². The van der Waals surface area contributed by atoms with Crippen molar-refractivity contribution >= 4 is 5.97 Å². The predicted octanol–water partition coefficient (Wildman–Crippen LogP) is 2.58. The number of aromatic carboxylic acids is 1. The fourth-order valence-corrected chi connectivity index (χ4v) is 1.81. The molecule has 18 heavy (non-hydrogen) atoms. The quantitative estimate of drug-likeness (QED) is 0.849. The van der Waals surface area contributed by atoms with Crippen molar-refractivity contribution in [1.29, 1.82) is 0 Å². The Labute approximate surface area is 105 Å². The standard InChI is InChI=1S/C14H15NO3/c1-10-3-2-4-11(7-10)8-15-9-13-12(14(16)17)5-6-18-13/h2-7,15H,8-9H2,1H3,(H,16,17). The summed E-state index contributed by atoms with van der Waals surface area (Å²) in [5.41, 5.74) is 2.59. The van der Waals surface area contributed by atoms with Gasteiger partial charge in [0.2, 0.25) is 0 Å². The molecule has 0 aliphatic heterocycles. The third-order valence-corrected chi connectivity index (χ3v) is 2.67. The van der Waals surface area contributed by atoms with Crippen LogP contribution in [-0.2, 0) is 13.1 Å². The third-order valence-electron chi connectivity index (χ3n) is 2.67. The molecule has 0 aliphatic rings. The third kappa shape index (κ3) is 2.99. The van der Waals surface area contributed by atoms with Gasteiger partial charge >= 0.3 is 5.97 Å². The zero-order valence-electron chi connectivity index (χ0n) is 10.1. The Morgan fingerprint density at radius 1 is 1.33 bits per heavy atom. The highest BCUT2D eigenvalue weighted by Gasteiger charge is 2.12. The summed E-state index contributed by atoms with van der Waals surface area (Å²) >= 11 is 0. The summed E-state index contributed by atoms with van der Waals surface area (Å²) in [5.74, 6) is -0.508. The smallest absolute Gasteiger partial charge is 0.339 e. The minimum absolute atomic E-state index is 0.215. The minimum atomic E-state index is -0.962. The van der Waals surface area contributed by atoms with Crippen LogP contribution in [0.1, 0.15) is 27.2 Å². The van der Waals surface area contributed by atoms with Gasteiger partial charge in [-0.25, -0.2) is 4.79 Å².